The third-order valence-corrected chi connectivity index (χ3v) is 5.14. The molecule has 106 valence electrons. The van der Waals surface area contributed by atoms with Crippen LogP contribution in [0.15, 0.2) is 32.8 Å². The summed E-state index contributed by atoms with van der Waals surface area (Å²) in [5.74, 6) is 0.566. The van der Waals surface area contributed by atoms with Crippen LogP contribution in [0.3, 0.4) is 0 Å². The predicted octanol–water partition coefficient (Wildman–Crippen LogP) is 5.10. The maximum Gasteiger partial charge on any atom is 0.346 e. The molecule has 0 spiro atoms. The van der Waals surface area contributed by atoms with E-state index in [1.54, 1.807) is 18.2 Å². The number of nitrogens with zero attached hydrogens (tertiary/aromatic N) is 1. The Bertz CT molecular complexity index is 912. The lowest BCUT2D eigenvalue weighted by Crippen LogP contribution is -2.02. The number of benzene rings is 1. The van der Waals surface area contributed by atoms with Crippen LogP contribution >= 0.6 is 34.5 Å². The number of thiazole rings is 1. The van der Waals surface area contributed by atoms with Crippen molar-refractivity contribution in [2.75, 3.05) is 0 Å². The van der Waals surface area contributed by atoms with Gasteiger partial charge in [0.15, 0.2) is 0 Å². The van der Waals surface area contributed by atoms with Crippen molar-refractivity contribution in [2.24, 2.45) is 0 Å². The molecule has 1 aliphatic carbocycles. The molecule has 3 aromatic rings. The van der Waals surface area contributed by atoms with E-state index < -0.39 is 5.63 Å². The lowest BCUT2D eigenvalue weighted by atomic mass is 10.2. The van der Waals surface area contributed by atoms with Gasteiger partial charge in [-0.05, 0) is 25.0 Å². The first-order valence-corrected chi connectivity index (χ1v) is 8.14. The van der Waals surface area contributed by atoms with E-state index in [1.807, 2.05) is 5.38 Å². The second kappa shape index (κ2) is 4.83. The summed E-state index contributed by atoms with van der Waals surface area (Å²) >= 11 is 13.4. The van der Waals surface area contributed by atoms with Gasteiger partial charge >= 0.3 is 5.63 Å². The standard InChI is InChI=1S/C15H9Cl2NO2S/c16-10-4-8-3-9(15(19)20-13(8)5-11(10)17)14-18-12(6-21-14)7-1-2-7/h3-7H,1-2H2. The maximum atomic E-state index is 12.1. The summed E-state index contributed by atoms with van der Waals surface area (Å²) in [5.41, 5.74) is 1.57. The first kappa shape index (κ1) is 13.3. The summed E-state index contributed by atoms with van der Waals surface area (Å²) < 4.78 is 5.34. The molecule has 0 aliphatic heterocycles. The molecular weight excluding hydrogens is 329 g/mol. The molecule has 1 fully saturated rings. The maximum absolute atomic E-state index is 12.1. The van der Waals surface area contributed by atoms with E-state index in [4.69, 9.17) is 27.6 Å². The van der Waals surface area contributed by atoms with Crippen LogP contribution in [-0.2, 0) is 0 Å². The fourth-order valence-corrected chi connectivity index (χ4v) is 3.47. The van der Waals surface area contributed by atoms with Gasteiger partial charge in [0.1, 0.15) is 10.6 Å². The summed E-state index contributed by atoms with van der Waals surface area (Å²) in [6, 6.07) is 5.02. The Morgan fingerprint density at radius 3 is 2.71 bits per heavy atom. The topological polar surface area (TPSA) is 43.1 Å². The summed E-state index contributed by atoms with van der Waals surface area (Å²) in [6.45, 7) is 0. The molecule has 0 bridgehead atoms. The zero-order valence-corrected chi connectivity index (χ0v) is 13.1. The first-order chi connectivity index (χ1) is 10.1. The lowest BCUT2D eigenvalue weighted by Gasteiger charge is -2.02. The molecule has 3 nitrogen and oxygen atoms in total. The molecule has 1 aromatic carbocycles. The molecular formula is C15H9Cl2NO2S. The van der Waals surface area contributed by atoms with Gasteiger partial charge in [0, 0.05) is 22.8 Å². The second-order valence-corrected chi connectivity index (χ2v) is 6.78. The summed E-state index contributed by atoms with van der Waals surface area (Å²) in [5, 5.41) is 4.25. The SMILES string of the molecule is O=c1oc2cc(Cl)c(Cl)cc2cc1-c1nc(C2CC2)cs1. The highest BCUT2D eigenvalue weighted by Crippen LogP contribution is 2.41. The van der Waals surface area contributed by atoms with Crippen LogP contribution in [0.5, 0.6) is 0 Å². The number of hydrogen-bond donors (Lipinski definition) is 0. The molecule has 2 heterocycles. The third kappa shape index (κ3) is 2.37. The second-order valence-electron chi connectivity index (χ2n) is 5.10. The van der Waals surface area contributed by atoms with Crippen molar-refractivity contribution < 1.29 is 4.42 Å². The molecule has 0 saturated heterocycles. The summed E-state index contributed by atoms with van der Waals surface area (Å²) in [6.07, 6.45) is 2.37. The fraction of sp³-hybridized carbons (Fsp3) is 0.200. The highest BCUT2D eigenvalue weighted by Gasteiger charge is 2.26. The highest BCUT2D eigenvalue weighted by molar-refractivity contribution is 7.13. The molecule has 0 unspecified atom stereocenters. The van der Waals surface area contributed by atoms with Crippen molar-refractivity contribution in [2.45, 2.75) is 18.8 Å². The summed E-state index contributed by atoms with van der Waals surface area (Å²) in [7, 11) is 0. The average molecular weight is 338 g/mol. The minimum absolute atomic E-state index is 0.366. The quantitative estimate of drug-likeness (QED) is 0.611. The molecule has 0 N–H and O–H groups in total. The lowest BCUT2D eigenvalue weighted by molar-refractivity contribution is 0.563. The Balaban J connectivity index is 1.89. The van der Waals surface area contributed by atoms with E-state index in [0.29, 0.717) is 32.1 Å². The minimum Gasteiger partial charge on any atom is -0.422 e. The average Bonchev–Trinajstić information content (AvgIpc) is 3.19. The van der Waals surface area contributed by atoms with Crippen molar-refractivity contribution in [3.05, 3.63) is 49.7 Å². The molecule has 1 aliphatic rings. The Kier molecular flexibility index (Phi) is 3.06. The third-order valence-electron chi connectivity index (χ3n) is 3.52. The van der Waals surface area contributed by atoms with Gasteiger partial charge in [-0.2, -0.15) is 0 Å². The van der Waals surface area contributed by atoms with Crippen molar-refractivity contribution in [3.8, 4) is 10.6 Å². The van der Waals surface area contributed by atoms with Crippen molar-refractivity contribution >= 4 is 45.5 Å². The van der Waals surface area contributed by atoms with Gasteiger partial charge in [0.05, 0.1) is 21.3 Å². The van der Waals surface area contributed by atoms with Crippen molar-refractivity contribution in [3.63, 3.8) is 0 Å². The van der Waals surface area contributed by atoms with Gasteiger partial charge in [0.2, 0.25) is 0 Å². The molecule has 2 aromatic heterocycles. The van der Waals surface area contributed by atoms with E-state index >= 15 is 0 Å². The molecule has 4 rings (SSSR count). The number of halogens is 2. The van der Waals surface area contributed by atoms with Crippen LogP contribution in [-0.4, -0.2) is 4.98 Å². The van der Waals surface area contributed by atoms with Gasteiger partial charge in [0.25, 0.3) is 0 Å². The molecule has 6 heteroatoms. The van der Waals surface area contributed by atoms with E-state index in [0.717, 1.165) is 11.1 Å². The Morgan fingerprint density at radius 2 is 1.95 bits per heavy atom. The van der Waals surface area contributed by atoms with Crippen LogP contribution in [0.1, 0.15) is 24.5 Å². The van der Waals surface area contributed by atoms with Crippen molar-refractivity contribution in [1.29, 1.82) is 0 Å². The molecule has 0 amide bonds. The molecule has 0 radical (unpaired) electrons. The Labute approximate surface area is 134 Å². The van der Waals surface area contributed by atoms with Gasteiger partial charge in [-0.25, -0.2) is 9.78 Å². The van der Waals surface area contributed by atoms with Gasteiger partial charge < -0.3 is 4.42 Å². The molecule has 0 atom stereocenters. The Hall–Kier alpha value is -1.36. The number of rotatable bonds is 2. The molecule has 21 heavy (non-hydrogen) atoms. The largest absolute Gasteiger partial charge is 0.422 e. The predicted molar refractivity (Wildman–Crippen MR) is 85.6 cm³/mol. The smallest absolute Gasteiger partial charge is 0.346 e. The number of aromatic nitrogens is 1. The highest BCUT2D eigenvalue weighted by atomic mass is 35.5. The van der Waals surface area contributed by atoms with E-state index in [-0.39, 0.29) is 0 Å². The number of fused-ring (bicyclic) bond motifs is 1. The van der Waals surface area contributed by atoms with Crippen LogP contribution < -0.4 is 5.63 Å². The minimum atomic E-state index is -0.405. The Morgan fingerprint density at radius 1 is 1.19 bits per heavy atom. The fourth-order valence-electron chi connectivity index (χ4n) is 2.24. The normalized spacial score (nSPS) is 14.8. The van der Waals surface area contributed by atoms with E-state index in [2.05, 4.69) is 4.98 Å². The van der Waals surface area contributed by atoms with Crippen LogP contribution in [0.2, 0.25) is 10.0 Å². The van der Waals surface area contributed by atoms with Crippen LogP contribution in [0.4, 0.5) is 0 Å². The van der Waals surface area contributed by atoms with E-state index in [9.17, 15) is 4.79 Å². The van der Waals surface area contributed by atoms with Crippen LogP contribution in [0, 0.1) is 0 Å². The number of hydrogen-bond acceptors (Lipinski definition) is 4. The van der Waals surface area contributed by atoms with E-state index in [1.165, 1.54) is 24.2 Å². The van der Waals surface area contributed by atoms with Gasteiger partial charge in [-0.1, -0.05) is 23.2 Å². The monoisotopic (exact) mass is 337 g/mol. The van der Waals surface area contributed by atoms with Crippen LogP contribution in [0.25, 0.3) is 21.5 Å². The van der Waals surface area contributed by atoms with Gasteiger partial charge in [-0.15, -0.1) is 11.3 Å². The summed E-state index contributed by atoms with van der Waals surface area (Å²) in [4.78, 5) is 16.7. The van der Waals surface area contributed by atoms with Gasteiger partial charge in [-0.3, -0.25) is 0 Å². The zero-order valence-electron chi connectivity index (χ0n) is 10.7. The van der Waals surface area contributed by atoms with Crippen molar-refractivity contribution in [1.82, 2.24) is 4.98 Å². The molecule has 1 saturated carbocycles. The zero-order chi connectivity index (χ0) is 14.6. The first-order valence-electron chi connectivity index (χ1n) is 6.50.